The average molecular weight is 577 g/mol. The number of rotatable bonds is 6. The van der Waals surface area contributed by atoms with Crippen molar-refractivity contribution in [3.05, 3.63) is 55.3 Å². The molecular formula is C20H16BrCl2N3O4S2. The number of hydrazine groups is 1. The van der Waals surface area contributed by atoms with Gasteiger partial charge in [0.15, 0.2) is 15.8 Å². The van der Waals surface area contributed by atoms with E-state index in [0.29, 0.717) is 43.8 Å². The minimum atomic E-state index is -0.662. The normalized spacial score (nSPS) is 14.7. The molecule has 0 atom stereocenters. The summed E-state index contributed by atoms with van der Waals surface area (Å²) in [7, 11) is 1.53. The molecule has 0 unspecified atom stereocenters. The quantitative estimate of drug-likeness (QED) is 0.319. The second kappa shape index (κ2) is 10.8. The lowest BCUT2D eigenvalue weighted by Crippen LogP contribution is -2.46. The molecule has 3 rings (SSSR count). The zero-order chi connectivity index (χ0) is 23.4. The van der Waals surface area contributed by atoms with Crippen LogP contribution >= 0.6 is 63.1 Å². The number of nitrogens with zero attached hydrogens (tertiary/aromatic N) is 1. The van der Waals surface area contributed by atoms with E-state index in [-0.39, 0.29) is 9.34 Å². The van der Waals surface area contributed by atoms with Crippen LogP contribution in [0, 0.1) is 0 Å². The molecule has 2 aromatic carbocycles. The minimum absolute atomic E-state index is 0.180. The standard InChI is InChI=1S/C20H16BrCl2N3O4S2/c1-3-30-16-9-12(21)10(6-15(16)29-2)7-17-18(27)26(20(31)32-17)25-19(28)24-11-4-5-13(22)14(23)8-11/h4-9H,3H2,1-2H3,(H2,24,25,28)/b17-7-. The number of thiocarbonyl (C=S) groups is 1. The molecule has 1 heterocycles. The van der Waals surface area contributed by atoms with Crippen molar-refractivity contribution in [2.75, 3.05) is 19.0 Å². The van der Waals surface area contributed by atoms with Gasteiger partial charge in [-0.25, -0.2) is 10.2 Å². The Morgan fingerprint density at radius 1 is 1.25 bits per heavy atom. The Labute approximate surface area is 212 Å². The monoisotopic (exact) mass is 575 g/mol. The molecule has 2 aromatic rings. The smallest absolute Gasteiger partial charge is 0.338 e. The highest BCUT2D eigenvalue weighted by molar-refractivity contribution is 9.10. The van der Waals surface area contributed by atoms with E-state index < -0.39 is 11.9 Å². The van der Waals surface area contributed by atoms with E-state index in [4.69, 9.17) is 44.9 Å². The third-order valence-corrected chi connectivity index (χ3v) is 6.78. The van der Waals surface area contributed by atoms with E-state index in [0.717, 1.165) is 16.8 Å². The van der Waals surface area contributed by atoms with Crippen LogP contribution in [0.3, 0.4) is 0 Å². The number of carbonyl (C=O) groups is 2. The van der Waals surface area contributed by atoms with Gasteiger partial charge in [0, 0.05) is 10.2 Å². The summed E-state index contributed by atoms with van der Waals surface area (Å²) in [5.74, 6) is 0.632. The number of benzene rings is 2. The number of hydrogen-bond donors (Lipinski definition) is 2. The Morgan fingerprint density at radius 2 is 2.00 bits per heavy atom. The number of methoxy groups -OCH3 is 1. The van der Waals surface area contributed by atoms with Crippen molar-refractivity contribution < 1.29 is 19.1 Å². The largest absolute Gasteiger partial charge is 0.493 e. The minimum Gasteiger partial charge on any atom is -0.493 e. The lowest BCUT2D eigenvalue weighted by Gasteiger charge is -2.16. The lowest BCUT2D eigenvalue weighted by atomic mass is 10.2. The highest BCUT2D eigenvalue weighted by atomic mass is 79.9. The molecule has 0 radical (unpaired) electrons. The van der Waals surface area contributed by atoms with Crippen molar-refractivity contribution in [2.24, 2.45) is 0 Å². The van der Waals surface area contributed by atoms with Crippen molar-refractivity contribution in [1.82, 2.24) is 10.4 Å². The fraction of sp³-hybridized carbons (Fsp3) is 0.150. The predicted octanol–water partition coefficient (Wildman–Crippen LogP) is 6.10. The molecule has 12 heteroatoms. The van der Waals surface area contributed by atoms with Gasteiger partial charge in [-0.2, -0.15) is 5.01 Å². The van der Waals surface area contributed by atoms with Crippen molar-refractivity contribution in [3.8, 4) is 11.5 Å². The number of carbonyl (C=O) groups excluding carboxylic acids is 2. The first kappa shape index (κ1) is 24.7. The zero-order valence-electron chi connectivity index (χ0n) is 16.7. The van der Waals surface area contributed by atoms with E-state index in [1.165, 1.54) is 13.2 Å². The van der Waals surface area contributed by atoms with Gasteiger partial charge >= 0.3 is 6.03 Å². The molecule has 32 heavy (non-hydrogen) atoms. The van der Waals surface area contributed by atoms with Gasteiger partial charge in [0.1, 0.15) is 0 Å². The van der Waals surface area contributed by atoms with Crippen molar-refractivity contribution in [2.45, 2.75) is 6.92 Å². The maximum atomic E-state index is 12.8. The molecule has 168 valence electrons. The van der Waals surface area contributed by atoms with E-state index >= 15 is 0 Å². The number of ether oxygens (including phenoxy) is 2. The molecule has 0 bridgehead atoms. The van der Waals surface area contributed by atoms with Crippen LogP contribution in [0.5, 0.6) is 11.5 Å². The Balaban J connectivity index is 1.76. The van der Waals surface area contributed by atoms with Crippen molar-refractivity contribution >= 4 is 91.1 Å². The van der Waals surface area contributed by atoms with Gasteiger partial charge < -0.3 is 14.8 Å². The molecule has 1 aliphatic rings. The Kier molecular flexibility index (Phi) is 8.29. The number of nitrogens with one attached hydrogen (secondary N) is 2. The molecule has 0 saturated carbocycles. The number of halogens is 3. The first-order valence-corrected chi connectivity index (χ1v) is 11.8. The number of amides is 3. The van der Waals surface area contributed by atoms with Gasteiger partial charge in [0.2, 0.25) is 0 Å². The highest BCUT2D eigenvalue weighted by Crippen LogP contribution is 2.37. The maximum absolute atomic E-state index is 12.8. The van der Waals surface area contributed by atoms with Gasteiger partial charge in [-0.3, -0.25) is 4.79 Å². The summed E-state index contributed by atoms with van der Waals surface area (Å²) in [5, 5.41) is 4.21. The van der Waals surface area contributed by atoms with Crippen LogP contribution in [0.4, 0.5) is 10.5 Å². The van der Waals surface area contributed by atoms with E-state index in [1.54, 1.807) is 30.3 Å². The molecule has 0 spiro atoms. The summed E-state index contributed by atoms with van der Waals surface area (Å²) < 4.78 is 11.8. The number of urea groups is 1. The average Bonchev–Trinajstić information content (AvgIpc) is 3.00. The molecule has 3 amide bonds. The van der Waals surface area contributed by atoms with Crippen LogP contribution in [0.1, 0.15) is 12.5 Å². The number of hydrogen-bond acceptors (Lipinski definition) is 6. The van der Waals surface area contributed by atoms with Crippen molar-refractivity contribution in [3.63, 3.8) is 0 Å². The van der Waals surface area contributed by atoms with Crippen molar-refractivity contribution in [1.29, 1.82) is 0 Å². The molecule has 2 N–H and O–H groups in total. The fourth-order valence-corrected chi connectivity index (χ4v) is 4.53. The van der Waals surface area contributed by atoms with Gasteiger partial charge in [-0.1, -0.05) is 50.9 Å². The van der Waals surface area contributed by atoms with Gasteiger partial charge in [0.05, 0.1) is 28.7 Å². The van der Waals surface area contributed by atoms with Gasteiger partial charge in [-0.05, 0) is 61.1 Å². The fourth-order valence-electron chi connectivity index (χ4n) is 2.63. The molecule has 1 saturated heterocycles. The highest BCUT2D eigenvalue weighted by Gasteiger charge is 2.34. The van der Waals surface area contributed by atoms with Gasteiger partial charge in [-0.15, -0.1) is 0 Å². The molecule has 0 aliphatic carbocycles. The second-order valence-electron chi connectivity index (χ2n) is 6.17. The zero-order valence-corrected chi connectivity index (χ0v) is 21.4. The Bertz CT molecular complexity index is 1130. The first-order valence-electron chi connectivity index (χ1n) is 9.04. The molecule has 1 fully saturated rings. The molecule has 1 aliphatic heterocycles. The van der Waals surface area contributed by atoms with Gasteiger partial charge in [0.25, 0.3) is 5.91 Å². The maximum Gasteiger partial charge on any atom is 0.338 e. The third kappa shape index (κ3) is 5.68. The van der Waals surface area contributed by atoms with Crippen LogP contribution in [-0.4, -0.2) is 35.0 Å². The summed E-state index contributed by atoms with van der Waals surface area (Å²) >= 11 is 21.6. The van der Waals surface area contributed by atoms with Crippen LogP contribution < -0.4 is 20.2 Å². The summed E-state index contributed by atoms with van der Waals surface area (Å²) in [6.45, 7) is 2.36. The third-order valence-electron chi connectivity index (χ3n) is 4.05. The SMILES string of the molecule is CCOc1cc(Br)c(/C=C2\SC(=S)N(NC(=O)Nc3ccc(Cl)c(Cl)c3)C2=O)cc1OC. The Morgan fingerprint density at radius 3 is 2.66 bits per heavy atom. The summed E-state index contributed by atoms with van der Waals surface area (Å²) in [6, 6.07) is 7.46. The summed E-state index contributed by atoms with van der Waals surface area (Å²) in [4.78, 5) is 25.5. The predicted molar refractivity (Wildman–Crippen MR) is 135 cm³/mol. The van der Waals surface area contributed by atoms with E-state index in [1.807, 2.05) is 6.92 Å². The van der Waals surface area contributed by atoms with Crippen LogP contribution in [0.25, 0.3) is 6.08 Å². The lowest BCUT2D eigenvalue weighted by molar-refractivity contribution is -0.123. The van der Waals surface area contributed by atoms with Crippen LogP contribution in [0.15, 0.2) is 39.7 Å². The summed E-state index contributed by atoms with van der Waals surface area (Å²) in [5.41, 5.74) is 3.53. The Hall–Kier alpha value is -1.98. The number of thioether (sulfide) groups is 1. The van der Waals surface area contributed by atoms with Crippen LogP contribution in [0.2, 0.25) is 10.0 Å². The summed E-state index contributed by atoms with van der Waals surface area (Å²) in [6.07, 6.45) is 1.65. The van der Waals surface area contributed by atoms with E-state index in [2.05, 4.69) is 26.7 Å². The van der Waals surface area contributed by atoms with Crippen LogP contribution in [-0.2, 0) is 4.79 Å². The number of anilines is 1. The first-order chi connectivity index (χ1) is 15.2. The van der Waals surface area contributed by atoms with E-state index in [9.17, 15) is 9.59 Å². The topological polar surface area (TPSA) is 79.9 Å². The second-order valence-corrected chi connectivity index (χ2v) is 9.51. The molecular weight excluding hydrogens is 561 g/mol. The molecule has 0 aromatic heterocycles. The molecule has 7 nitrogen and oxygen atoms in total.